The van der Waals surface area contributed by atoms with E-state index in [1.807, 2.05) is 17.0 Å². The zero-order valence-electron chi connectivity index (χ0n) is 12.0. The van der Waals surface area contributed by atoms with Crippen molar-refractivity contribution in [3.63, 3.8) is 0 Å². The Hall–Kier alpha value is -2.24. The summed E-state index contributed by atoms with van der Waals surface area (Å²) in [7, 11) is 0. The monoisotopic (exact) mass is 286 g/mol. The topological polar surface area (TPSA) is 72.1 Å². The molecular weight excluding hydrogens is 268 g/mol. The number of hydrogen-bond acceptors (Lipinski definition) is 5. The summed E-state index contributed by atoms with van der Waals surface area (Å²) in [5, 5.41) is 3.81. The van der Waals surface area contributed by atoms with Gasteiger partial charge in [0.2, 0.25) is 11.8 Å². The Kier molecular flexibility index (Phi) is 3.94. The number of rotatable bonds is 4. The maximum atomic E-state index is 12.2. The van der Waals surface area contributed by atoms with E-state index < -0.39 is 0 Å². The van der Waals surface area contributed by atoms with Gasteiger partial charge in [0.15, 0.2) is 5.82 Å². The first-order chi connectivity index (χ1) is 10.2. The van der Waals surface area contributed by atoms with Crippen LogP contribution in [0.5, 0.6) is 0 Å². The highest BCUT2D eigenvalue weighted by molar-refractivity contribution is 5.76. The number of carbonyl (C=O) groups excluding carboxylic acids is 1. The molecule has 0 saturated carbocycles. The van der Waals surface area contributed by atoms with E-state index in [2.05, 4.69) is 15.1 Å². The van der Waals surface area contributed by atoms with Gasteiger partial charge >= 0.3 is 0 Å². The maximum Gasteiger partial charge on any atom is 0.231 e. The summed E-state index contributed by atoms with van der Waals surface area (Å²) in [5.74, 6) is 1.65. The summed E-state index contributed by atoms with van der Waals surface area (Å²) >= 11 is 0. The fourth-order valence-corrected chi connectivity index (χ4v) is 2.62. The molecule has 1 amide bonds. The van der Waals surface area contributed by atoms with Crippen molar-refractivity contribution >= 4 is 5.91 Å². The summed E-state index contributed by atoms with van der Waals surface area (Å²) in [6.45, 7) is 3.24. The number of nitrogens with zero attached hydrogens (tertiary/aromatic N) is 4. The molecule has 1 aliphatic rings. The van der Waals surface area contributed by atoms with Gasteiger partial charge < -0.3 is 9.42 Å². The van der Waals surface area contributed by atoms with Gasteiger partial charge in [-0.2, -0.15) is 4.98 Å². The molecule has 3 rings (SSSR count). The summed E-state index contributed by atoms with van der Waals surface area (Å²) in [6.07, 6.45) is 5.68. The zero-order chi connectivity index (χ0) is 14.7. The lowest BCUT2D eigenvalue weighted by atomic mass is 10.1. The average molecular weight is 286 g/mol. The molecule has 0 unspecified atom stereocenters. The summed E-state index contributed by atoms with van der Waals surface area (Å²) in [6, 6.07) is 3.89. The Morgan fingerprint density at radius 1 is 1.52 bits per heavy atom. The van der Waals surface area contributed by atoms with Crippen LogP contribution in [0.4, 0.5) is 0 Å². The van der Waals surface area contributed by atoms with Crippen LogP contribution in [0.3, 0.4) is 0 Å². The molecule has 0 aromatic carbocycles. The lowest BCUT2D eigenvalue weighted by Gasteiger charge is -2.15. The second-order valence-corrected chi connectivity index (χ2v) is 5.37. The molecule has 1 aliphatic heterocycles. The predicted octanol–water partition coefficient (Wildman–Crippen LogP) is 1.72. The van der Waals surface area contributed by atoms with Gasteiger partial charge in [-0.3, -0.25) is 9.78 Å². The number of carbonyl (C=O) groups is 1. The smallest absolute Gasteiger partial charge is 0.231 e. The maximum absolute atomic E-state index is 12.2. The Balaban J connectivity index is 1.52. The highest BCUT2D eigenvalue weighted by Crippen LogP contribution is 2.26. The Morgan fingerprint density at radius 3 is 3.14 bits per heavy atom. The predicted molar refractivity (Wildman–Crippen MR) is 75.5 cm³/mol. The first-order valence-electron chi connectivity index (χ1n) is 7.19. The lowest BCUT2D eigenvalue weighted by Crippen LogP contribution is -2.28. The van der Waals surface area contributed by atoms with Crippen LogP contribution in [-0.4, -0.2) is 39.0 Å². The molecule has 3 heterocycles. The molecule has 21 heavy (non-hydrogen) atoms. The van der Waals surface area contributed by atoms with Crippen molar-refractivity contribution in [1.82, 2.24) is 20.0 Å². The van der Waals surface area contributed by atoms with Crippen LogP contribution in [0.15, 0.2) is 29.0 Å². The van der Waals surface area contributed by atoms with Gasteiger partial charge in [-0.1, -0.05) is 11.2 Å². The Morgan fingerprint density at radius 2 is 2.43 bits per heavy atom. The number of amides is 1. The summed E-state index contributed by atoms with van der Waals surface area (Å²) in [5.41, 5.74) is 1.09. The third-order valence-electron chi connectivity index (χ3n) is 3.78. The largest absolute Gasteiger partial charge is 0.342 e. The van der Waals surface area contributed by atoms with Crippen LogP contribution in [0.1, 0.15) is 36.0 Å². The number of pyridine rings is 1. The van der Waals surface area contributed by atoms with E-state index in [4.69, 9.17) is 4.52 Å². The molecule has 6 heteroatoms. The molecule has 1 fully saturated rings. The fourth-order valence-electron chi connectivity index (χ4n) is 2.62. The van der Waals surface area contributed by atoms with Gasteiger partial charge in [-0.05, 0) is 31.4 Å². The van der Waals surface area contributed by atoms with Gasteiger partial charge in [0.1, 0.15) is 0 Å². The Labute approximate surface area is 123 Å². The van der Waals surface area contributed by atoms with Gasteiger partial charge in [-0.15, -0.1) is 0 Å². The number of hydrogen-bond donors (Lipinski definition) is 0. The van der Waals surface area contributed by atoms with Gasteiger partial charge in [0.25, 0.3) is 0 Å². The number of aromatic nitrogens is 3. The lowest BCUT2D eigenvalue weighted by molar-refractivity contribution is -0.130. The molecule has 0 bridgehead atoms. The second kappa shape index (κ2) is 6.03. The quantitative estimate of drug-likeness (QED) is 0.855. The normalized spacial score (nSPS) is 18.1. The van der Waals surface area contributed by atoms with Crippen LogP contribution in [0.2, 0.25) is 0 Å². The minimum atomic E-state index is 0.175. The van der Waals surface area contributed by atoms with Crippen molar-refractivity contribution in [1.29, 1.82) is 0 Å². The Bertz CT molecular complexity index is 611. The van der Waals surface area contributed by atoms with Crippen molar-refractivity contribution in [2.75, 3.05) is 13.1 Å². The number of aryl methyl sites for hydroxylation is 2. The third kappa shape index (κ3) is 3.26. The third-order valence-corrected chi connectivity index (χ3v) is 3.78. The SMILES string of the molecule is Cc1noc([C@H]2CCN(C(=O)CCc3cccnc3)C2)n1. The van der Waals surface area contributed by atoms with Crippen LogP contribution in [-0.2, 0) is 11.2 Å². The molecular formula is C15H18N4O2. The van der Waals surface area contributed by atoms with Crippen molar-refractivity contribution < 1.29 is 9.32 Å². The molecule has 6 nitrogen and oxygen atoms in total. The fraction of sp³-hybridized carbons (Fsp3) is 0.467. The molecule has 2 aromatic rings. The first-order valence-corrected chi connectivity index (χ1v) is 7.19. The second-order valence-electron chi connectivity index (χ2n) is 5.37. The standard InChI is InChI=1S/C15H18N4O2/c1-11-17-15(21-18-11)13-6-8-19(10-13)14(20)5-4-12-3-2-7-16-9-12/h2-3,7,9,13H,4-6,8,10H2,1H3/t13-/m0/s1. The van der Waals surface area contributed by atoms with Crippen LogP contribution < -0.4 is 0 Å². The van der Waals surface area contributed by atoms with Crippen molar-refractivity contribution in [3.05, 3.63) is 41.8 Å². The van der Waals surface area contributed by atoms with Crippen molar-refractivity contribution in [2.24, 2.45) is 0 Å². The minimum Gasteiger partial charge on any atom is -0.342 e. The molecule has 0 radical (unpaired) electrons. The molecule has 1 saturated heterocycles. The van der Waals surface area contributed by atoms with E-state index in [1.54, 1.807) is 19.3 Å². The van der Waals surface area contributed by atoms with Gasteiger partial charge in [-0.25, -0.2) is 0 Å². The van der Waals surface area contributed by atoms with Crippen molar-refractivity contribution in [3.8, 4) is 0 Å². The molecule has 0 N–H and O–H groups in total. The molecule has 0 aliphatic carbocycles. The average Bonchev–Trinajstić information content (AvgIpc) is 3.14. The van der Waals surface area contributed by atoms with Crippen molar-refractivity contribution in [2.45, 2.75) is 32.1 Å². The summed E-state index contributed by atoms with van der Waals surface area (Å²) in [4.78, 5) is 22.4. The molecule has 2 aromatic heterocycles. The van der Waals surface area contributed by atoms with E-state index in [-0.39, 0.29) is 11.8 Å². The minimum absolute atomic E-state index is 0.175. The van der Waals surface area contributed by atoms with Gasteiger partial charge in [0, 0.05) is 31.9 Å². The van der Waals surface area contributed by atoms with Gasteiger partial charge in [0.05, 0.1) is 5.92 Å². The summed E-state index contributed by atoms with van der Waals surface area (Å²) < 4.78 is 5.20. The number of likely N-dealkylation sites (tertiary alicyclic amines) is 1. The van der Waals surface area contributed by atoms with E-state index >= 15 is 0 Å². The van der Waals surface area contributed by atoms with Crippen LogP contribution >= 0.6 is 0 Å². The van der Waals surface area contributed by atoms with E-state index in [9.17, 15) is 4.79 Å². The highest BCUT2D eigenvalue weighted by atomic mass is 16.5. The first kappa shape index (κ1) is 13.7. The highest BCUT2D eigenvalue weighted by Gasteiger charge is 2.30. The molecule has 1 atom stereocenters. The van der Waals surface area contributed by atoms with Crippen LogP contribution in [0.25, 0.3) is 0 Å². The van der Waals surface area contributed by atoms with Crippen LogP contribution in [0, 0.1) is 6.92 Å². The van der Waals surface area contributed by atoms with E-state index in [0.717, 1.165) is 24.9 Å². The van der Waals surface area contributed by atoms with E-state index in [1.165, 1.54) is 0 Å². The zero-order valence-corrected chi connectivity index (χ0v) is 12.0. The molecule has 0 spiro atoms. The molecule has 110 valence electrons. The van der Waals surface area contributed by atoms with E-state index in [0.29, 0.717) is 24.7 Å².